The average molecular weight is 292 g/mol. The first-order valence-electron chi connectivity index (χ1n) is 8.21. The number of aliphatic hydroxyl groups is 1. The Balaban J connectivity index is 1.85. The number of quaternary nitrogens is 1. The fourth-order valence-corrected chi connectivity index (χ4v) is 3.47. The summed E-state index contributed by atoms with van der Waals surface area (Å²) in [5.74, 6) is 0.884. The third kappa shape index (κ3) is 4.45. The highest BCUT2D eigenvalue weighted by Gasteiger charge is 2.30. The number of nitrogens with one attached hydrogen (secondary N) is 1. The molecule has 2 N–H and O–H groups in total. The second-order valence-electron chi connectivity index (χ2n) is 6.75. The minimum atomic E-state index is -0.399. The van der Waals surface area contributed by atoms with E-state index in [4.69, 9.17) is 4.74 Å². The van der Waals surface area contributed by atoms with E-state index >= 15 is 0 Å². The molecular weight excluding hydrogens is 262 g/mol. The first-order valence-corrected chi connectivity index (χ1v) is 8.21. The van der Waals surface area contributed by atoms with Gasteiger partial charge in [0.15, 0.2) is 0 Å². The summed E-state index contributed by atoms with van der Waals surface area (Å²) < 4.78 is 5.80. The van der Waals surface area contributed by atoms with Crippen molar-refractivity contribution in [1.82, 2.24) is 0 Å². The zero-order valence-corrected chi connectivity index (χ0v) is 13.9. The summed E-state index contributed by atoms with van der Waals surface area (Å²) in [5.41, 5.74) is 2.37. The Kier molecular flexibility index (Phi) is 5.65. The van der Waals surface area contributed by atoms with E-state index in [-0.39, 0.29) is 0 Å². The highest BCUT2D eigenvalue weighted by Crippen LogP contribution is 2.18. The number of aryl methyl sites for hydroxylation is 2. The second-order valence-corrected chi connectivity index (χ2v) is 6.75. The van der Waals surface area contributed by atoms with Crippen molar-refractivity contribution in [3.05, 3.63) is 29.3 Å². The molecule has 1 aromatic rings. The first kappa shape index (κ1) is 16.3. The van der Waals surface area contributed by atoms with Crippen molar-refractivity contribution in [3.63, 3.8) is 0 Å². The van der Waals surface area contributed by atoms with Gasteiger partial charge in [0, 0.05) is 0 Å². The van der Waals surface area contributed by atoms with Gasteiger partial charge in [0.25, 0.3) is 0 Å². The summed E-state index contributed by atoms with van der Waals surface area (Å²) in [6.45, 7) is 9.88. The number of hydrogen-bond acceptors (Lipinski definition) is 2. The molecule has 21 heavy (non-hydrogen) atoms. The number of likely N-dealkylation sites (tertiary alicyclic amines) is 1. The van der Waals surface area contributed by atoms with Gasteiger partial charge in [0.2, 0.25) is 0 Å². The Morgan fingerprint density at radius 3 is 2.52 bits per heavy atom. The van der Waals surface area contributed by atoms with Gasteiger partial charge in [-0.3, -0.25) is 0 Å². The van der Waals surface area contributed by atoms with Crippen LogP contribution in [0.5, 0.6) is 5.75 Å². The molecule has 0 aromatic heterocycles. The fraction of sp³-hybridized carbons (Fsp3) is 0.667. The topological polar surface area (TPSA) is 33.9 Å². The summed E-state index contributed by atoms with van der Waals surface area (Å²) in [4.78, 5) is 1.53. The van der Waals surface area contributed by atoms with E-state index in [9.17, 15) is 5.11 Å². The van der Waals surface area contributed by atoms with Gasteiger partial charge in [-0.2, -0.15) is 0 Å². The smallest absolute Gasteiger partial charge is 0.137 e. The maximum Gasteiger partial charge on any atom is 0.137 e. The van der Waals surface area contributed by atoms with E-state index < -0.39 is 6.10 Å². The van der Waals surface area contributed by atoms with Crippen LogP contribution in [0.4, 0.5) is 0 Å². The van der Waals surface area contributed by atoms with Gasteiger partial charge in [-0.1, -0.05) is 17.7 Å². The Bertz CT molecular complexity index is 451. The molecule has 4 atom stereocenters. The van der Waals surface area contributed by atoms with Gasteiger partial charge in [-0.05, 0) is 58.6 Å². The van der Waals surface area contributed by atoms with Crippen LogP contribution >= 0.6 is 0 Å². The number of benzene rings is 1. The molecule has 1 aliphatic heterocycles. The van der Waals surface area contributed by atoms with Gasteiger partial charge in [0.1, 0.15) is 25.0 Å². The van der Waals surface area contributed by atoms with Crippen molar-refractivity contribution in [2.45, 2.75) is 65.1 Å². The van der Waals surface area contributed by atoms with Gasteiger partial charge in [-0.25, -0.2) is 0 Å². The fourth-order valence-electron chi connectivity index (χ4n) is 3.47. The van der Waals surface area contributed by atoms with Crippen molar-refractivity contribution in [3.8, 4) is 5.75 Å². The first-order chi connectivity index (χ1) is 9.97. The molecule has 118 valence electrons. The second kappa shape index (κ2) is 7.28. The molecule has 0 amide bonds. The maximum atomic E-state index is 10.3. The van der Waals surface area contributed by atoms with Gasteiger partial charge >= 0.3 is 0 Å². The van der Waals surface area contributed by atoms with Crippen molar-refractivity contribution in [2.75, 3.05) is 13.2 Å². The molecule has 0 radical (unpaired) electrons. The minimum absolute atomic E-state index is 0.382. The van der Waals surface area contributed by atoms with Crippen molar-refractivity contribution >= 4 is 0 Å². The molecule has 1 heterocycles. The van der Waals surface area contributed by atoms with Gasteiger partial charge in [-0.15, -0.1) is 0 Å². The molecular formula is C18H30NO2+. The van der Waals surface area contributed by atoms with E-state index in [2.05, 4.69) is 39.8 Å². The number of piperidine rings is 1. The highest BCUT2D eigenvalue weighted by atomic mass is 16.5. The lowest BCUT2D eigenvalue weighted by atomic mass is 9.97. The third-order valence-electron chi connectivity index (χ3n) is 4.77. The number of rotatable bonds is 5. The van der Waals surface area contributed by atoms with Crippen molar-refractivity contribution in [1.29, 1.82) is 0 Å². The third-order valence-corrected chi connectivity index (χ3v) is 4.77. The van der Waals surface area contributed by atoms with E-state index in [0.29, 0.717) is 18.7 Å². The summed E-state index contributed by atoms with van der Waals surface area (Å²) in [5, 5.41) is 10.3. The highest BCUT2D eigenvalue weighted by molar-refractivity contribution is 5.35. The zero-order valence-electron chi connectivity index (χ0n) is 13.9. The van der Waals surface area contributed by atoms with E-state index in [1.54, 1.807) is 0 Å². The summed E-state index contributed by atoms with van der Waals surface area (Å²) >= 11 is 0. The van der Waals surface area contributed by atoms with Crippen LogP contribution in [0.1, 0.15) is 44.2 Å². The van der Waals surface area contributed by atoms with Crippen LogP contribution in [0.25, 0.3) is 0 Å². The summed E-state index contributed by atoms with van der Waals surface area (Å²) in [6, 6.07) is 7.45. The molecule has 1 aromatic carbocycles. The molecule has 0 saturated carbocycles. The van der Waals surface area contributed by atoms with Crippen molar-refractivity contribution < 1.29 is 14.7 Å². The van der Waals surface area contributed by atoms with E-state index in [0.717, 1.165) is 17.9 Å². The maximum absolute atomic E-state index is 10.3. The minimum Gasteiger partial charge on any atom is -0.490 e. The Labute approximate surface area is 128 Å². The lowest BCUT2D eigenvalue weighted by Gasteiger charge is -2.36. The van der Waals surface area contributed by atoms with Gasteiger partial charge in [0.05, 0.1) is 12.1 Å². The van der Waals surface area contributed by atoms with Crippen LogP contribution in [-0.4, -0.2) is 36.4 Å². The SMILES string of the molecule is Cc1ccc(OC[C@H](O)C[NH+]2[C@H](C)CCC[C@@H]2C)c(C)c1. The van der Waals surface area contributed by atoms with Crippen LogP contribution in [0.3, 0.4) is 0 Å². The molecule has 2 rings (SSSR count). The van der Waals surface area contributed by atoms with Crippen LogP contribution in [-0.2, 0) is 0 Å². The Morgan fingerprint density at radius 2 is 1.90 bits per heavy atom. The van der Waals surface area contributed by atoms with E-state index in [1.807, 2.05) is 6.07 Å². The van der Waals surface area contributed by atoms with Crippen molar-refractivity contribution in [2.24, 2.45) is 0 Å². The lowest BCUT2D eigenvalue weighted by molar-refractivity contribution is -0.954. The molecule has 1 fully saturated rings. The van der Waals surface area contributed by atoms with Crippen LogP contribution in [0.15, 0.2) is 18.2 Å². The predicted octanol–water partition coefficient (Wildman–Crippen LogP) is 1.89. The quantitative estimate of drug-likeness (QED) is 0.869. The molecule has 0 spiro atoms. The number of aliphatic hydroxyl groups excluding tert-OH is 1. The number of hydrogen-bond donors (Lipinski definition) is 2. The average Bonchev–Trinajstić information content (AvgIpc) is 2.42. The van der Waals surface area contributed by atoms with E-state index in [1.165, 1.54) is 29.7 Å². The largest absolute Gasteiger partial charge is 0.490 e. The Hall–Kier alpha value is -1.06. The molecule has 1 saturated heterocycles. The van der Waals surface area contributed by atoms with Crippen LogP contribution in [0, 0.1) is 13.8 Å². The zero-order chi connectivity index (χ0) is 15.4. The molecule has 1 aliphatic rings. The van der Waals surface area contributed by atoms with Crippen LogP contribution in [0.2, 0.25) is 0 Å². The standard InChI is InChI=1S/C18H29NO2/c1-13-8-9-18(14(2)10-13)21-12-17(20)11-19-15(3)6-5-7-16(19)4/h8-10,15-17,20H,5-7,11-12H2,1-4H3/p+1/t15-,16+,17-/m1/s1. The molecule has 1 unspecified atom stereocenters. The summed E-state index contributed by atoms with van der Waals surface area (Å²) in [7, 11) is 0. The predicted molar refractivity (Wildman–Crippen MR) is 86.0 cm³/mol. The molecule has 3 nitrogen and oxygen atoms in total. The number of ether oxygens (including phenoxy) is 1. The molecule has 3 heteroatoms. The Morgan fingerprint density at radius 1 is 1.24 bits per heavy atom. The van der Waals surface area contributed by atoms with Gasteiger partial charge < -0.3 is 14.7 Å². The monoisotopic (exact) mass is 292 g/mol. The normalized spacial score (nSPS) is 27.4. The van der Waals surface area contributed by atoms with Crippen LogP contribution < -0.4 is 9.64 Å². The molecule has 0 aliphatic carbocycles. The lowest BCUT2D eigenvalue weighted by Crippen LogP contribution is -3.20. The summed E-state index contributed by atoms with van der Waals surface area (Å²) in [6.07, 6.45) is 3.46. The molecule has 0 bridgehead atoms.